The van der Waals surface area contributed by atoms with Gasteiger partial charge in [0, 0.05) is 55.7 Å². The molecule has 0 aliphatic carbocycles. The lowest BCUT2D eigenvalue weighted by Gasteiger charge is -2.27. The molecule has 1 aliphatic heterocycles. The van der Waals surface area contributed by atoms with Gasteiger partial charge in [-0.05, 0) is 45.2 Å². The molecule has 3 rings (SSSR count). The van der Waals surface area contributed by atoms with Crippen LogP contribution in [0.5, 0.6) is 0 Å². The SMILES string of the molecule is C=N/C(=C\C=C(/C)NC(=O)CCC(=O)N1CCCn2nc(C)cc21)c1cncc(N)c1. The Morgan fingerprint density at radius 3 is 2.81 bits per heavy atom. The number of fused-ring (bicyclic) bond motifs is 1. The van der Waals surface area contributed by atoms with Crippen LogP contribution >= 0.6 is 0 Å². The van der Waals surface area contributed by atoms with Crippen LogP contribution in [0.3, 0.4) is 0 Å². The quantitative estimate of drug-likeness (QED) is 0.526. The van der Waals surface area contributed by atoms with E-state index < -0.39 is 0 Å². The summed E-state index contributed by atoms with van der Waals surface area (Å²) in [5, 5.41) is 7.18. The number of carbonyl (C=O) groups excluding carboxylic acids is 2. The van der Waals surface area contributed by atoms with Crippen molar-refractivity contribution >= 4 is 35.7 Å². The first-order chi connectivity index (χ1) is 14.9. The summed E-state index contributed by atoms with van der Waals surface area (Å²) in [4.78, 5) is 34.7. The van der Waals surface area contributed by atoms with Crippen molar-refractivity contribution in [2.45, 2.75) is 39.7 Å². The van der Waals surface area contributed by atoms with Crippen LogP contribution in [-0.4, -0.2) is 39.8 Å². The third-order valence-corrected chi connectivity index (χ3v) is 4.83. The van der Waals surface area contributed by atoms with Crippen LogP contribution in [0.2, 0.25) is 0 Å². The molecule has 0 unspecified atom stereocenters. The minimum Gasteiger partial charge on any atom is -0.397 e. The Kier molecular flexibility index (Phi) is 6.96. The number of amides is 2. The van der Waals surface area contributed by atoms with Gasteiger partial charge in [0.05, 0.1) is 17.1 Å². The van der Waals surface area contributed by atoms with E-state index in [2.05, 4.69) is 27.1 Å². The molecule has 2 amide bonds. The Bertz CT molecular complexity index is 1050. The second-order valence-corrected chi connectivity index (χ2v) is 7.38. The predicted molar refractivity (Wildman–Crippen MR) is 121 cm³/mol. The van der Waals surface area contributed by atoms with Gasteiger partial charge in [0.1, 0.15) is 5.82 Å². The zero-order valence-corrected chi connectivity index (χ0v) is 17.8. The zero-order chi connectivity index (χ0) is 22.4. The minimum atomic E-state index is -0.226. The number of carbonyl (C=O) groups is 2. The molecule has 0 saturated heterocycles. The van der Waals surface area contributed by atoms with Gasteiger partial charge in [-0.25, -0.2) is 4.68 Å². The summed E-state index contributed by atoms with van der Waals surface area (Å²) in [7, 11) is 0. The first-order valence-electron chi connectivity index (χ1n) is 10.1. The van der Waals surface area contributed by atoms with Crippen LogP contribution in [0.4, 0.5) is 11.5 Å². The Morgan fingerprint density at radius 1 is 1.26 bits per heavy atom. The monoisotopic (exact) mass is 421 g/mol. The summed E-state index contributed by atoms with van der Waals surface area (Å²) in [6.07, 6.45) is 7.71. The van der Waals surface area contributed by atoms with Gasteiger partial charge in [-0.3, -0.25) is 24.5 Å². The summed E-state index contributed by atoms with van der Waals surface area (Å²) in [5.41, 5.74) is 9.10. The Balaban J connectivity index is 1.55. The normalized spacial score (nSPS) is 14.2. The van der Waals surface area contributed by atoms with Crippen LogP contribution in [0.25, 0.3) is 5.70 Å². The first-order valence-corrected chi connectivity index (χ1v) is 10.1. The highest BCUT2D eigenvalue weighted by Gasteiger charge is 2.24. The Labute approximate surface area is 181 Å². The smallest absolute Gasteiger partial charge is 0.228 e. The van der Waals surface area contributed by atoms with Crippen molar-refractivity contribution < 1.29 is 9.59 Å². The van der Waals surface area contributed by atoms with Gasteiger partial charge in [0.25, 0.3) is 0 Å². The van der Waals surface area contributed by atoms with Crippen LogP contribution in [-0.2, 0) is 16.1 Å². The molecule has 2 aromatic rings. The molecule has 2 aromatic heterocycles. The number of hydrogen-bond donors (Lipinski definition) is 2. The second kappa shape index (κ2) is 9.84. The van der Waals surface area contributed by atoms with E-state index >= 15 is 0 Å². The van der Waals surface area contributed by atoms with E-state index in [1.54, 1.807) is 42.4 Å². The number of aliphatic imine (C=N–C) groups is 1. The fraction of sp³-hybridized carbons (Fsp3) is 0.318. The van der Waals surface area contributed by atoms with Gasteiger partial charge in [-0.15, -0.1) is 0 Å². The minimum absolute atomic E-state index is 0.0789. The number of rotatable bonds is 7. The van der Waals surface area contributed by atoms with Crippen LogP contribution in [0.1, 0.15) is 37.4 Å². The van der Waals surface area contributed by atoms with E-state index in [-0.39, 0.29) is 24.7 Å². The zero-order valence-electron chi connectivity index (χ0n) is 17.8. The van der Waals surface area contributed by atoms with Gasteiger partial charge in [0.15, 0.2) is 0 Å². The molecule has 0 atom stereocenters. The van der Waals surface area contributed by atoms with Gasteiger partial charge in [-0.2, -0.15) is 5.10 Å². The molecule has 3 heterocycles. The van der Waals surface area contributed by atoms with Crippen molar-refractivity contribution in [3.05, 3.63) is 53.6 Å². The lowest BCUT2D eigenvalue weighted by molar-refractivity contribution is -0.124. The predicted octanol–water partition coefficient (Wildman–Crippen LogP) is 2.45. The van der Waals surface area contributed by atoms with E-state index in [1.807, 2.05) is 17.7 Å². The molecule has 0 saturated carbocycles. The number of aromatic nitrogens is 3. The molecule has 9 nitrogen and oxygen atoms in total. The summed E-state index contributed by atoms with van der Waals surface area (Å²) < 4.78 is 1.84. The van der Waals surface area contributed by atoms with Gasteiger partial charge >= 0.3 is 0 Å². The fourth-order valence-electron chi connectivity index (χ4n) is 3.38. The molecule has 0 aromatic carbocycles. The van der Waals surface area contributed by atoms with Gasteiger partial charge in [0.2, 0.25) is 11.8 Å². The molecule has 9 heteroatoms. The van der Waals surface area contributed by atoms with Crippen molar-refractivity contribution in [2.24, 2.45) is 4.99 Å². The number of nitrogen functional groups attached to an aromatic ring is 1. The summed E-state index contributed by atoms with van der Waals surface area (Å²) >= 11 is 0. The van der Waals surface area contributed by atoms with Crippen molar-refractivity contribution in [3.63, 3.8) is 0 Å². The molecule has 0 spiro atoms. The average molecular weight is 422 g/mol. The third kappa shape index (κ3) is 5.65. The maximum Gasteiger partial charge on any atom is 0.228 e. The molecule has 0 fully saturated rings. The van der Waals surface area contributed by atoms with Crippen molar-refractivity contribution in [3.8, 4) is 0 Å². The fourth-order valence-corrected chi connectivity index (χ4v) is 3.38. The number of anilines is 2. The number of nitrogens with two attached hydrogens (primary N) is 1. The van der Waals surface area contributed by atoms with Gasteiger partial charge < -0.3 is 11.1 Å². The standard InChI is InChI=1S/C22H27N7O2/c1-15(5-6-19(24-3)17-12-18(23)14-25-13-17)26-20(30)7-8-22(31)28-9-4-10-29-21(28)11-16(2)27-29/h5-6,11-14H,3-4,7-10,23H2,1-2H3,(H,26,30)/b15-5+,19-6-. The van der Waals surface area contributed by atoms with Crippen LogP contribution in [0.15, 0.2) is 47.4 Å². The van der Waals surface area contributed by atoms with E-state index in [9.17, 15) is 9.59 Å². The van der Waals surface area contributed by atoms with Crippen molar-refractivity contribution in [2.75, 3.05) is 17.2 Å². The highest BCUT2D eigenvalue weighted by atomic mass is 16.2. The second-order valence-electron chi connectivity index (χ2n) is 7.38. The first kappa shape index (κ1) is 21.9. The van der Waals surface area contributed by atoms with E-state index in [1.165, 1.54) is 0 Å². The van der Waals surface area contributed by atoms with E-state index in [0.29, 0.717) is 23.6 Å². The summed E-state index contributed by atoms with van der Waals surface area (Å²) in [6, 6.07) is 3.65. The Hall–Kier alpha value is -3.75. The largest absolute Gasteiger partial charge is 0.397 e. The molecule has 3 N–H and O–H groups in total. The number of nitrogens with zero attached hydrogens (tertiary/aromatic N) is 5. The molecule has 31 heavy (non-hydrogen) atoms. The molecule has 162 valence electrons. The molecule has 1 aliphatic rings. The number of allylic oxidation sites excluding steroid dienone is 3. The number of pyridine rings is 1. The number of nitrogens with one attached hydrogen (secondary N) is 1. The number of hydrogen-bond acceptors (Lipinski definition) is 6. The summed E-state index contributed by atoms with van der Waals surface area (Å²) in [5.74, 6) is 0.497. The van der Waals surface area contributed by atoms with Crippen molar-refractivity contribution in [1.29, 1.82) is 0 Å². The number of aryl methyl sites for hydroxylation is 2. The van der Waals surface area contributed by atoms with Crippen LogP contribution in [0, 0.1) is 6.92 Å². The average Bonchev–Trinajstić information content (AvgIpc) is 3.12. The van der Waals surface area contributed by atoms with Crippen LogP contribution < -0.4 is 16.0 Å². The molecule has 0 radical (unpaired) electrons. The maximum atomic E-state index is 12.6. The molecular formula is C22H27N7O2. The third-order valence-electron chi connectivity index (χ3n) is 4.83. The summed E-state index contributed by atoms with van der Waals surface area (Å²) in [6.45, 7) is 8.68. The highest BCUT2D eigenvalue weighted by molar-refractivity contribution is 5.95. The van der Waals surface area contributed by atoms with Gasteiger partial charge in [-0.1, -0.05) is 0 Å². The topological polar surface area (TPSA) is 118 Å². The molecular weight excluding hydrogens is 394 g/mol. The highest BCUT2D eigenvalue weighted by Crippen LogP contribution is 2.22. The molecule has 0 bridgehead atoms. The lowest BCUT2D eigenvalue weighted by atomic mass is 10.2. The Morgan fingerprint density at radius 2 is 2.06 bits per heavy atom. The van der Waals surface area contributed by atoms with E-state index in [0.717, 1.165) is 30.0 Å². The van der Waals surface area contributed by atoms with Crippen molar-refractivity contribution in [1.82, 2.24) is 20.1 Å². The maximum absolute atomic E-state index is 12.6. The van der Waals surface area contributed by atoms with E-state index in [4.69, 9.17) is 5.73 Å². The lowest BCUT2D eigenvalue weighted by Crippen LogP contribution is -2.38.